The van der Waals surface area contributed by atoms with E-state index in [4.69, 9.17) is 16.0 Å². The maximum Gasteiger partial charge on any atom is 0.262 e. The largest absolute Gasteiger partial charge is 0.467 e. The lowest BCUT2D eigenvalue weighted by Crippen LogP contribution is -2.32. The summed E-state index contributed by atoms with van der Waals surface area (Å²) in [5.41, 5.74) is 3.03. The number of furan rings is 1. The van der Waals surface area contributed by atoms with Gasteiger partial charge in [-0.15, -0.1) is 0 Å². The third kappa shape index (κ3) is 4.68. The summed E-state index contributed by atoms with van der Waals surface area (Å²) in [5.74, 6) is 0.413. The zero-order valence-electron chi connectivity index (χ0n) is 17.8. The Balaban J connectivity index is 1.48. The number of hydrazone groups is 1. The lowest BCUT2D eigenvalue weighted by atomic mass is 10.0. The standard InChI is InChI=1S/C24H23ClN4O3/c1-28(2)24(31)17-7-11-19(12-8-17)26-15-23(30)29-21(22-4-3-13-32-22)14-20(27-29)16-5-9-18(25)10-6-16/h3-13,21,26H,14-15H2,1-2H3. The Morgan fingerprint density at radius 2 is 1.84 bits per heavy atom. The molecule has 8 heteroatoms. The quantitative estimate of drug-likeness (QED) is 0.602. The third-order valence-electron chi connectivity index (χ3n) is 5.20. The van der Waals surface area contributed by atoms with Crippen LogP contribution in [0.25, 0.3) is 0 Å². The molecule has 1 N–H and O–H groups in total. The molecule has 1 unspecified atom stereocenters. The van der Waals surface area contributed by atoms with Gasteiger partial charge in [-0.1, -0.05) is 23.7 Å². The van der Waals surface area contributed by atoms with E-state index in [1.807, 2.05) is 18.2 Å². The Bertz CT molecular complexity index is 1120. The smallest absolute Gasteiger partial charge is 0.262 e. The third-order valence-corrected chi connectivity index (χ3v) is 5.45. The fourth-order valence-electron chi connectivity index (χ4n) is 3.51. The predicted octanol–water partition coefficient (Wildman–Crippen LogP) is 4.42. The lowest BCUT2D eigenvalue weighted by Gasteiger charge is -2.20. The van der Waals surface area contributed by atoms with Crippen molar-refractivity contribution in [3.05, 3.63) is 88.8 Å². The molecule has 1 aliphatic heterocycles. The van der Waals surface area contributed by atoms with Crippen LogP contribution in [-0.2, 0) is 4.79 Å². The van der Waals surface area contributed by atoms with Gasteiger partial charge >= 0.3 is 0 Å². The molecule has 3 aromatic rings. The summed E-state index contributed by atoms with van der Waals surface area (Å²) in [6.45, 7) is 0.0512. The Labute approximate surface area is 191 Å². The molecule has 0 bridgehead atoms. The van der Waals surface area contributed by atoms with Crippen LogP contribution in [0.3, 0.4) is 0 Å². The Morgan fingerprint density at radius 3 is 2.47 bits per heavy atom. The van der Waals surface area contributed by atoms with Crippen LogP contribution in [0.4, 0.5) is 5.69 Å². The number of halogens is 1. The van der Waals surface area contributed by atoms with E-state index >= 15 is 0 Å². The van der Waals surface area contributed by atoms with Crippen LogP contribution >= 0.6 is 11.6 Å². The molecule has 4 rings (SSSR count). The summed E-state index contributed by atoms with van der Waals surface area (Å²) in [6, 6.07) is 17.7. The number of carbonyl (C=O) groups is 2. The molecule has 1 atom stereocenters. The fourth-order valence-corrected chi connectivity index (χ4v) is 3.63. The number of amides is 2. The molecule has 0 radical (unpaired) electrons. The van der Waals surface area contributed by atoms with E-state index in [-0.39, 0.29) is 24.4 Å². The van der Waals surface area contributed by atoms with Crippen molar-refractivity contribution in [2.75, 3.05) is 26.0 Å². The van der Waals surface area contributed by atoms with Crippen LogP contribution in [0.2, 0.25) is 5.02 Å². The molecule has 2 amide bonds. The minimum absolute atomic E-state index is 0.0512. The van der Waals surface area contributed by atoms with E-state index in [1.54, 1.807) is 62.8 Å². The van der Waals surface area contributed by atoms with Gasteiger partial charge < -0.3 is 14.6 Å². The van der Waals surface area contributed by atoms with Crippen molar-refractivity contribution >= 4 is 34.8 Å². The highest BCUT2D eigenvalue weighted by Gasteiger charge is 2.34. The van der Waals surface area contributed by atoms with E-state index in [0.717, 1.165) is 17.0 Å². The van der Waals surface area contributed by atoms with Gasteiger partial charge in [-0.3, -0.25) is 9.59 Å². The van der Waals surface area contributed by atoms with Crippen molar-refractivity contribution in [1.29, 1.82) is 0 Å². The lowest BCUT2D eigenvalue weighted by molar-refractivity contribution is -0.131. The summed E-state index contributed by atoms with van der Waals surface area (Å²) in [6.07, 6.45) is 2.13. The van der Waals surface area contributed by atoms with Crippen molar-refractivity contribution in [3.63, 3.8) is 0 Å². The second-order valence-corrected chi connectivity index (χ2v) is 8.09. The molecule has 1 aromatic heterocycles. The molecule has 164 valence electrons. The second-order valence-electron chi connectivity index (χ2n) is 7.66. The minimum atomic E-state index is -0.315. The molecular formula is C24H23ClN4O3. The highest BCUT2D eigenvalue weighted by molar-refractivity contribution is 6.30. The SMILES string of the molecule is CN(C)C(=O)c1ccc(NCC(=O)N2N=C(c3ccc(Cl)cc3)CC2c2ccco2)cc1. The summed E-state index contributed by atoms with van der Waals surface area (Å²) < 4.78 is 5.57. The predicted molar refractivity (Wildman–Crippen MR) is 124 cm³/mol. The first-order valence-corrected chi connectivity index (χ1v) is 10.5. The van der Waals surface area contributed by atoms with Crippen molar-refractivity contribution in [2.45, 2.75) is 12.5 Å². The molecule has 0 fully saturated rings. The number of rotatable bonds is 6. The summed E-state index contributed by atoms with van der Waals surface area (Å²) >= 11 is 6.00. The molecule has 0 saturated heterocycles. The first-order valence-electron chi connectivity index (χ1n) is 10.2. The zero-order valence-corrected chi connectivity index (χ0v) is 18.5. The number of benzene rings is 2. The number of anilines is 1. The first kappa shape index (κ1) is 21.6. The van der Waals surface area contributed by atoms with Gasteiger partial charge in [0.15, 0.2) is 0 Å². The number of hydrogen-bond donors (Lipinski definition) is 1. The highest BCUT2D eigenvalue weighted by Crippen LogP contribution is 2.33. The summed E-state index contributed by atoms with van der Waals surface area (Å²) in [5, 5.41) is 9.83. The van der Waals surface area contributed by atoms with Crippen LogP contribution in [0.15, 0.2) is 76.4 Å². The normalized spacial score (nSPS) is 15.4. The van der Waals surface area contributed by atoms with Crippen molar-refractivity contribution in [3.8, 4) is 0 Å². The number of hydrogen-bond acceptors (Lipinski definition) is 5. The average Bonchev–Trinajstić information content (AvgIpc) is 3.48. The summed E-state index contributed by atoms with van der Waals surface area (Å²) in [7, 11) is 3.41. The molecule has 0 spiro atoms. The van der Waals surface area contributed by atoms with Crippen molar-refractivity contribution < 1.29 is 14.0 Å². The molecule has 1 aliphatic rings. The Morgan fingerprint density at radius 1 is 1.12 bits per heavy atom. The van der Waals surface area contributed by atoms with Gasteiger partial charge in [-0.2, -0.15) is 5.10 Å². The van der Waals surface area contributed by atoms with Gasteiger partial charge in [-0.25, -0.2) is 5.01 Å². The van der Waals surface area contributed by atoms with Gasteiger partial charge in [0, 0.05) is 36.8 Å². The molecule has 0 saturated carbocycles. The van der Waals surface area contributed by atoms with E-state index < -0.39 is 0 Å². The molecule has 32 heavy (non-hydrogen) atoms. The molecule has 0 aliphatic carbocycles. The van der Waals surface area contributed by atoms with Crippen molar-refractivity contribution in [2.24, 2.45) is 5.10 Å². The second kappa shape index (κ2) is 9.28. The Hall–Kier alpha value is -3.58. The van der Waals surface area contributed by atoms with E-state index in [1.165, 1.54) is 9.91 Å². The number of nitrogens with zero attached hydrogens (tertiary/aromatic N) is 3. The van der Waals surface area contributed by atoms with E-state index in [9.17, 15) is 9.59 Å². The molecule has 2 aromatic carbocycles. The van der Waals surface area contributed by atoms with E-state index in [0.29, 0.717) is 22.8 Å². The number of nitrogens with one attached hydrogen (secondary N) is 1. The topological polar surface area (TPSA) is 78.2 Å². The van der Waals surface area contributed by atoms with Gasteiger partial charge in [-0.05, 0) is 54.1 Å². The van der Waals surface area contributed by atoms with Crippen molar-refractivity contribution in [1.82, 2.24) is 9.91 Å². The molecule has 2 heterocycles. The molecule has 7 nitrogen and oxygen atoms in total. The fraction of sp³-hybridized carbons (Fsp3) is 0.208. The maximum atomic E-state index is 13.1. The van der Waals surface area contributed by atoms with Crippen LogP contribution in [-0.4, -0.2) is 48.1 Å². The molecular weight excluding hydrogens is 428 g/mol. The van der Waals surface area contributed by atoms with Gasteiger partial charge in [0.25, 0.3) is 11.8 Å². The first-order chi connectivity index (χ1) is 15.4. The van der Waals surface area contributed by atoms with Crippen LogP contribution < -0.4 is 5.32 Å². The maximum absolute atomic E-state index is 13.1. The van der Waals surface area contributed by atoms with Crippen LogP contribution in [0.5, 0.6) is 0 Å². The number of carbonyl (C=O) groups excluding carboxylic acids is 2. The average molecular weight is 451 g/mol. The monoisotopic (exact) mass is 450 g/mol. The van der Waals surface area contributed by atoms with Crippen LogP contribution in [0.1, 0.15) is 34.1 Å². The van der Waals surface area contributed by atoms with Gasteiger partial charge in [0.05, 0.1) is 18.5 Å². The Kier molecular flexibility index (Phi) is 6.28. The zero-order chi connectivity index (χ0) is 22.7. The van der Waals surface area contributed by atoms with Gasteiger partial charge in [0.2, 0.25) is 0 Å². The van der Waals surface area contributed by atoms with E-state index in [2.05, 4.69) is 10.4 Å². The minimum Gasteiger partial charge on any atom is -0.467 e. The van der Waals surface area contributed by atoms with Crippen LogP contribution in [0, 0.1) is 0 Å². The van der Waals surface area contributed by atoms with Gasteiger partial charge in [0.1, 0.15) is 11.8 Å². The summed E-state index contributed by atoms with van der Waals surface area (Å²) in [4.78, 5) is 26.6. The highest BCUT2D eigenvalue weighted by atomic mass is 35.5.